The van der Waals surface area contributed by atoms with Gasteiger partial charge in [-0.05, 0) is 75.6 Å². The Morgan fingerprint density at radius 1 is 1.15 bits per heavy atom. The molecular formula is C24H33N3. The Kier molecular flexibility index (Phi) is 4.90. The van der Waals surface area contributed by atoms with E-state index in [9.17, 15) is 0 Å². The SMILES string of the molecule is CCCN(CC1CC1)N1c2cc[nH]c2C(c2c(C)cc(C)cc2C)=CC1C. The van der Waals surface area contributed by atoms with E-state index >= 15 is 0 Å². The van der Waals surface area contributed by atoms with Crippen molar-refractivity contribution < 1.29 is 0 Å². The summed E-state index contributed by atoms with van der Waals surface area (Å²) in [5.74, 6) is 0.887. The quantitative estimate of drug-likeness (QED) is 0.720. The third-order valence-electron chi connectivity index (χ3n) is 5.93. The molecule has 1 fully saturated rings. The van der Waals surface area contributed by atoms with E-state index in [-0.39, 0.29) is 0 Å². The van der Waals surface area contributed by atoms with Crippen molar-refractivity contribution in [2.24, 2.45) is 5.92 Å². The molecule has 3 heteroatoms. The van der Waals surface area contributed by atoms with Crippen LogP contribution < -0.4 is 5.01 Å². The highest BCUT2D eigenvalue weighted by molar-refractivity contribution is 5.89. The van der Waals surface area contributed by atoms with Crippen molar-refractivity contribution in [2.45, 2.75) is 59.9 Å². The molecule has 2 aromatic rings. The van der Waals surface area contributed by atoms with Gasteiger partial charge in [0.15, 0.2) is 0 Å². The van der Waals surface area contributed by atoms with Crippen molar-refractivity contribution in [1.29, 1.82) is 0 Å². The van der Waals surface area contributed by atoms with Gasteiger partial charge in [0.25, 0.3) is 0 Å². The maximum absolute atomic E-state index is 3.56. The number of aromatic nitrogens is 1. The molecule has 144 valence electrons. The van der Waals surface area contributed by atoms with Crippen LogP contribution in [0, 0.1) is 26.7 Å². The molecule has 1 unspecified atom stereocenters. The second-order valence-electron chi connectivity index (χ2n) is 8.53. The maximum Gasteiger partial charge on any atom is 0.0784 e. The Morgan fingerprint density at radius 3 is 2.48 bits per heavy atom. The summed E-state index contributed by atoms with van der Waals surface area (Å²) in [7, 11) is 0. The van der Waals surface area contributed by atoms with Crippen LogP contribution >= 0.6 is 0 Å². The molecule has 1 N–H and O–H groups in total. The van der Waals surface area contributed by atoms with Crippen LogP contribution in [0.3, 0.4) is 0 Å². The lowest BCUT2D eigenvalue weighted by Crippen LogP contribution is -2.50. The predicted molar refractivity (Wildman–Crippen MR) is 115 cm³/mol. The molecular weight excluding hydrogens is 330 g/mol. The molecule has 0 radical (unpaired) electrons. The molecule has 4 rings (SSSR count). The number of hydrogen-bond donors (Lipinski definition) is 1. The molecule has 0 bridgehead atoms. The van der Waals surface area contributed by atoms with Crippen molar-refractivity contribution in [3.8, 4) is 0 Å². The first-order valence-corrected chi connectivity index (χ1v) is 10.5. The third kappa shape index (κ3) is 3.45. The standard InChI is InChI=1S/C24H33N3/c1-6-11-26(15-20-7-8-20)27-19(5)14-21(24-22(27)9-10-25-24)23-17(3)12-16(2)13-18(23)4/h9-10,12-14,19-20,25H,6-8,11,15H2,1-5H3. The van der Waals surface area contributed by atoms with Crippen LogP contribution in [0.25, 0.3) is 5.57 Å². The zero-order valence-electron chi connectivity index (χ0n) is 17.5. The second-order valence-corrected chi connectivity index (χ2v) is 8.53. The fourth-order valence-electron chi connectivity index (χ4n) is 4.75. The van der Waals surface area contributed by atoms with Gasteiger partial charge in [-0.1, -0.05) is 30.7 Å². The summed E-state index contributed by atoms with van der Waals surface area (Å²) in [4.78, 5) is 3.56. The zero-order chi connectivity index (χ0) is 19.1. The minimum absolute atomic E-state index is 0.355. The van der Waals surface area contributed by atoms with Gasteiger partial charge in [-0.2, -0.15) is 0 Å². The average Bonchev–Trinajstić information content (AvgIpc) is 3.27. The highest BCUT2D eigenvalue weighted by Gasteiger charge is 2.33. The molecule has 0 spiro atoms. The topological polar surface area (TPSA) is 22.3 Å². The molecule has 1 atom stereocenters. The van der Waals surface area contributed by atoms with Crippen LogP contribution in [0.5, 0.6) is 0 Å². The van der Waals surface area contributed by atoms with Crippen LogP contribution in [0.2, 0.25) is 0 Å². The lowest BCUT2D eigenvalue weighted by Gasteiger charge is -2.43. The summed E-state index contributed by atoms with van der Waals surface area (Å²) >= 11 is 0. The van der Waals surface area contributed by atoms with Gasteiger partial charge < -0.3 is 4.98 Å². The van der Waals surface area contributed by atoms with Crippen molar-refractivity contribution in [3.63, 3.8) is 0 Å². The largest absolute Gasteiger partial charge is 0.359 e. The number of nitrogens with one attached hydrogen (secondary N) is 1. The number of rotatable bonds is 6. The Morgan fingerprint density at radius 2 is 1.85 bits per heavy atom. The molecule has 2 aliphatic rings. The summed E-state index contributed by atoms with van der Waals surface area (Å²) in [5.41, 5.74) is 9.40. The summed E-state index contributed by atoms with van der Waals surface area (Å²) in [5, 5.41) is 5.13. The van der Waals surface area contributed by atoms with Crippen molar-refractivity contribution in [2.75, 3.05) is 18.1 Å². The van der Waals surface area contributed by atoms with Crippen LogP contribution in [0.4, 0.5) is 5.69 Å². The molecule has 0 saturated heterocycles. The fraction of sp³-hybridized carbons (Fsp3) is 0.500. The van der Waals surface area contributed by atoms with Gasteiger partial charge in [0.2, 0.25) is 0 Å². The van der Waals surface area contributed by atoms with Crippen LogP contribution in [0.15, 0.2) is 30.5 Å². The van der Waals surface area contributed by atoms with Gasteiger partial charge >= 0.3 is 0 Å². The molecule has 1 aromatic heterocycles. The molecule has 1 aliphatic heterocycles. The summed E-state index contributed by atoms with van der Waals surface area (Å²) in [6.07, 6.45) is 8.53. The fourth-order valence-corrected chi connectivity index (χ4v) is 4.75. The Labute approximate surface area is 164 Å². The third-order valence-corrected chi connectivity index (χ3v) is 5.93. The second kappa shape index (κ2) is 7.20. The minimum Gasteiger partial charge on any atom is -0.359 e. The Balaban J connectivity index is 1.76. The average molecular weight is 364 g/mol. The van der Waals surface area contributed by atoms with E-state index in [1.807, 2.05) is 0 Å². The molecule has 3 nitrogen and oxygen atoms in total. The van der Waals surface area contributed by atoms with E-state index in [0.29, 0.717) is 6.04 Å². The van der Waals surface area contributed by atoms with Crippen LogP contribution in [-0.4, -0.2) is 29.1 Å². The summed E-state index contributed by atoms with van der Waals surface area (Å²) in [6.45, 7) is 13.6. The van der Waals surface area contributed by atoms with Crippen molar-refractivity contribution in [3.05, 3.63) is 58.4 Å². The number of aromatic amines is 1. The summed E-state index contributed by atoms with van der Waals surface area (Å²) in [6, 6.07) is 7.22. The molecule has 27 heavy (non-hydrogen) atoms. The lowest BCUT2D eigenvalue weighted by molar-refractivity contribution is 0.227. The van der Waals surface area contributed by atoms with E-state index in [1.165, 1.54) is 65.0 Å². The van der Waals surface area contributed by atoms with E-state index in [4.69, 9.17) is 0 Å². The Hall–Kier alpha value is -2.00. The van der Waals surface area contributed by atoms with Gasteiger partial charge in [-0.15, -0.1) is 0 Å². The van der Waals surface area contributed by atoms with E-state index < -0.39 is 0 Å². The predicted octanol–water partition coefficient (Wildman–Crippen LogP) is 5.62. The van der Waals surface area contributed by atoms with Gasteiger partial charge in [-0.25, -0.2) is 5.01 Å². The Bertz CT molecular complexity index is 833. The van der Waals surface area contributed by atoms with Crippen molar-refractivity contribution >= 4 is 11.3 Å². The highest BCUT2D eigenvalue weighted by Crippen LogP contribution is 2.41. The first kappa shape index (κ1) is 18.4. The zero-order valence-corrected chi connectivity index (χ0v) is 17.5. The molecule has 1 aromatic carbocycles. The molecule has 1 aliphatic carbocycles. The van der Waals surface area contributed by atoms with E-state index in [0.717, 1.165) is 12.5 Å². The number of fused-ring (bicyclic) bond motifs is 1. The lowest BCUT2D eigenvalue weighted by atomic mass is 9.89. The summed E-state index contributed by atoms with van der Waals surface area (Å²) < 4.78 is 0. The number of hydrogen-bond acceptors (Lipinski definition) is 2. The molecule has 1 saturated carbocycles. The smallest absolute Gasteiger partial charge is 0.0784 e. The first-order valence-electron chi connectivity index (χ1n) is 10.5. The minimum atomic E-state index is 0.355. The number of hydrazine groups is 1. The monoisotopic (exact) mass is 363 g/mol. The van der Waals surface area contributed by atoms with Gasteiger partial charge in [0.1, 0.15) is 0 Å². The number of benzene rings is 1. The normalized spacial score (nSPS) is 19.4. The number of anilines is 1. The van der Waals surface area contributed by atoms with Gasteiger partial charge in [0, 0.05) is 24.9 Å². The molecule has 0 amide bonds. The van der Waals surface area contributed by atoms with Gasteiger partial charge in [0.05, 0.1) is 17.4 Å². The van der Waals surface area contributed by atoms with E-state index in [2.05, 4.69) is 80.1 Å². The number of H-pyrrole nitrogens is 1. The number of nitrogens with zero attached hydrogens (tertiary/aromatic N) is 2. The molecule has 2 heterocycles. The number of aryl methyl sites for hydroxylation is 3. The first-order chi connectivity index (χ1) is 13.0. The van der Waals surface area contributed by atoms with Crippen molar-refractivity contribution in [1.82, 2.24) is 9.99 Å². The van der Waals surface area contributed by atoms with Gasteiger partial charge in [-0.3, -0.25) is 5.01 Å². The highest BCUT2D eigenvalue weighted by atomic mass is 15.6. The van der Waals surface area contributed by atoms with Crippen LogP contribution in [0.1, 0.15) is 61.1 Å². The van der Waals surface area contributed by atoms with Crippen LogP contribution in [-0.2, 0) is 0 Å². The maximum atomic E-state index is 3.56. The van der Waals surface area contributed by atoms with E-state index in [1.54, 1.807) is 0 Å².